The molecule has 0 aromatic heterocycles. The number of allylic oxidation sites excluding steroid dienone is 2. The second kappa shape index (κ2) is 6.32. The summed E-state index contributed by atoms with van der Waals surface area (Å²) in [4.78, 5) is 9.30. The number of rotatable bonds is 3. The number of hydrogen-bond donors (Lipinski definition) is 2. The summed E-state index contributed by atoms with van der Waals surface area (Å²) in [7, 11) is 1.69. The first-order valence-electron chi connectivity index (χ1n) is 5.23. The molecule has 0 heterocycles. The van der Waals surface area contributed by atoms with Gasteiger partial charge < -0.3 is 10.2 Å². The van der Waals surface area contributed by atoms with Gasteiger partial charge in [-0.1, -0.05) is 13.0 Å². The van der Waals surface area contributed by atoms with E-state index in [9.17, 15) is 0 Å². The van der Waals surface area contributed by atoms with Crippen molar-refractivity contribution in [2.24, 2.45) is 4.99 Å². The van der Waals surface area contributed by atoms with Crippen LogP contribution in [0.15, 0.2) is 16.8 Å². The lowest BCUT2D eigenvalue weighted by atomic mass is 10.1. The summed E-state index contributed by atoms with van der Waals surface area (Å²) < 4.78 is 0. The van der Waals surface area contributed by atoms with Gasteiger partial charge in [0.05, 0.1) is 0 Å². The summed E-state index contributed by atoms with van der Waals surface area (Å²) in [6.45, 7) is 10.2. The summed E-state index contributed by atoms with van der Waals surface area (Å²) in [6, 6.07) is 0.492. The number of amidine groups is 1. The van der Waals surface area contributed by atoms with Gasteiger partial charge in [0.2, 0.25) is 0 Å². The fraction of sp³-hybridized carbons (Fsp3) is 0.727. The molecule has 0 saturated carbocycles. The van der Waals surface area contributed by atoms with Gasteiger partial charge in [-0.15, -0.1) is 0 Å². The fourth-order valence-corrected chi connectivity index (χ4v) is 0.925. The van der Waals surface area contributed by atoms with E-state index in [-0.39, 0.29) is 5.54 Å². The van der Waals surface area contributed by atoms with Gasteiger partial charge >= 0.3 is 6.02 Å². The quantitative estimate of drug-likeness (QED) is 0.429. The molecule has 0 atom stereocenters. The van der Waals surface area contributed by atoms with Crippen molar-refractivity contribution >= 4 is 6.02 Å². The third kappa shape index (κ3) is 7.85. The molecule has 0 aliphatic heterocycles. The normalized spacial score (nSPS) is 13.7. The maximum atomic E-state index is 5.30. The molecule has 0 amide bonds. The standard InChI is InChI=1S/C11H23N3O/c1-7-8-9(2)14-15-10(12-6)13-11(3,4)5/h8,14H,7H2,1-6H3,(H,12,13). The van der Waals surface area contributed by atoms with Crippen molar-refractivity contribution in [1.29, 1.82) is 0 Å². The third-order valence-corrected chi connectivity index (χ3v) is 1.50. The smallest absolute Gasteiger partial charge is 0.312 e. The molecule has 2 N–H and O–H groups in total. The van der Waals surface area contributed by atoms with Crippen LogP contribution in [0, 0.1) is 0 Å². The molecule has 0 bridgehead atoms. The highest BCUT2D eigenvalue weighted by atomic mass is 16.7. The summed E-state index contributed by atoms with van der Waals surface area (Å²) in [5.74, 6) is 0. The zero-order chi connectivity index (χ0) is 11.9. The van der Waals surface area contributed by atoms with E-state index in [1.54, 1.807) is 7.05 Å². The highest BCUT2D eigenvalue weighted by Crippen LogP contribution is 1.99. The van der Waals surface area contributed by atoms with Gasteiger partial charge in [0.15, 0.2) is 0 Å². The molecule has 0 rings (SSSR count). The van der Waals surface area contributed by atoms with Gasteiger partial charge in [0, 0.05) is 18.3 Å². The van der Waals surface area contributed by atoms with Crippen molar-refractivity contribution in [3.05, 3.63) is 11.8 Å². The van der Waals surface area contributed by atoms with Crippen LogP contribution in [0.1, 0.15) is 41.0 Å². The molecule has 0 radical (unpaired) electrons. The van der Waals surface area contributed by atoms with E-state index in [0.29, 0.717) is 6.02 Å². The van der Waals surface area contributed by atoms with Gasteiger partial charge in [-0.2, -0.15) is 0 Å². The van der Waals surface area contributed by atoms with E-state index in [1.807, 2.05) is 13.0 Å². The Kier molecular flexibility index (Phi) is 5.82. The molecule has 88 valence electrons. The molecule has 0 aromatic carbocycles. The van der Waals surface area contributed by atoms with Gasteiger partial charge in [-0.05, 0) is 34.1 Å². The minimum Gasteiger partial charge on any atom is -0.343 e. The molecular weight excluding hydrogens is 190 g/mol. The van der Waals surface area contributed by atoms with Crippen molar-refractivity contribution in [2.45, 2.75) is 46.6 Å². The van der Waals surface area contributed by atoms with Crippen molar-refractivity contribution in [2.75, 3.05) is 7.05 Å². The van der Waals surface area contributed by atoms with Crippen LogP contribution < -0.4 is 10.8 Å². The van der Waals surface area contributed by atoms with Gasteiger partial charge in [0.1, 0.15) is 0 Å². The summed E-state index contributed by atoms with van der Waals surface area (Å²) in [5.41, 5.74) is 3.75. The Morgan fingerprint density at radius 3 is 2.40 bits per heavy atom. The predicted octanol–water partition coefficient (Wildman–Crippen LogP) is 2.20. The summed E-state index contributed by atoms with van der Waals surface area (Å²) >= 11 is 0. The molecule has 0 spiro atoms. The SMILES string of the molecule is CCC=C(C)NOC(=NC)NC(C)(C)C. The van der Waals surface area contributed by atoms with Crippen molar-refractivity contribution in [3.8, 4) is 0 Å². The average molecular weight is 213 g/mol. The lowest BCUT2D eigenvalue weighted by molar-refractivity contribution is 0.194. The maximum Gasteiger partial charge on any atom is 0.312 e. The molecular formula is C11H23N3O. The Morgan fingerprint density at radius 2 is 2.00 bits per heavy atom. The second-order valence-electron chi connectivity index (χ2n) is 4.40. The minimum atomic E-state index is -0.0566. The number of hydroxylamine groups is 1. The third-order valence-electron chi connectivity index (χ3n) is 1.50. The number of hydrogen-bond acceptors (Lipinski definition) is 3. The van der Waals surface area contributed by atoms with Crippen molar-refractivity contribution < 1.29 is 4.84 Å². The lowest BCUT2D eigenvalue weighted by Crippen LogP contribution is -2.43. The van der Waals surface area contributed by atoms with Crippen LogP contribution in [-0.2, 0) is 4.84 Å². The topological polar surface area (TPSA) is 45.6 Å². The molecule has 15 heavy (non-hydrogen) atoms. The van der Waals surface area contributed by atoms with E-state index < -0.39 is 0 Å². The zero-order valence-corrected chi connectivity index (χ0v) is 10.6. The predicted molar refractivity (Wildman–Crippen MR) is 64.5 cm³/mol. The first kappa shape index (κ1) is 13.8. The Morgan fingerprint density at radius 1 is 1.40 bits per heavy atom. The molecule has 0 aliphatic rings. The molecule has 0 fully saturated rings. The second-order valence-corrected chi connectivity index (χ2v) is 4.40. The minimum absolute atomic E-state index is 0.0566. The van der Waals surface area contributed by atoms with Crippen LogP contribution in [0.4, 0.5) is 0 Å². The first-order valence-corrected chi connectivity index (χ1v) is 5.23. The van der Waals surface area contributed by atoms with Crippen molar-refractivity contribution in [1.82, 2.24) is 10.8 Å². The largest absolute Gasteiger partial charge is 0.343 e. The molecule has 0 aromatic rings. The maximum absolute atomic E-state index is 5.30. The van der Waals surface area contributed by atoms with Crippen LogP contribution in [0.3, 0.4) is 0 Å². The zero-order valence-electron chi connectivity index (χ0n) is 10.6. The summed E-state index contributed by atoms with van der Waals surface area (Å²) in [6.07, 6.45) is 3.03. The first-order chi connectivity index (χ1) is 6.89. The van der Waals surface area contributed by atoms with Crippen LogP contribution in [0.2, 0.25) is 0 Å². The van der Waals surface area contributed by atoms with Crippen LogP contribution in [-0.4, -0.2) is 18.6 Å². The van der Waals surface area contributed by atoms with Crippen LogP contribution in [0.5, 0.6) is 0 Å². The molecule has 0 unspecified atom stereocenters. The summed E-state index contributed by atoms with van der Waals surface area (Å²) in [5, 5.41) is 3.14. The number of nitrogens with zero attached hydrogens (tertiary/aromatic N) is 1. The molecule has 0 saturated heterocycles. The van der Waals surface area contributed by atoms with Gasteiger partial charge in [-0.3, -0.25) is 0 Å². The lowest BCUT2D eigenvalue weighted by Gasteiger charge is -2.22. The Bertz CT molecular complexity index is 239. The number of nitrogens with one attached hydrogen (secondary N) is 2. The van der Waals surface area contributed by atoms with E-state index in [2.05, 4.69) is 43.5 Å². The molecule has 4 heteroatoms. The highest BCUT2D eigenvalue weighted by Gasteiger charge is 2.12. The van der Waals surface area contributed by atoms with Crippen LogP contribution in [0.25, 0.3) is 0 Å². The van der Waals surface area contributed by atoms with E-state index in [0.717, 1.165) is 12.1 Å². The Hall–Kier alpha value is -1.19. The fourth-order valence-electron chi connectivity index (χ4n) is 0.925. The van der Waals surface area contributed by atoms with Gasteiger partial charge in [-0.25, -0.2) is 10.5 Å². The number of aliphatic imine (C=N–C) groups is 1. The molecule has 4 nitrogen and oxygen atoms in total. The van der Waals surface area contributed by atoms with Crippen molar-refractivity contribution in [3.63, 3.8) is 0 Å². The Labute approximate surface area is 92.8 Å². The average Bonchev–Trinajstić information content (AvgIpc) is 2.11. The monoisotopic (exact) mass is 213 g/mol. The molecule has 0 aliphatic carbocycles. The highest BCUT2D eigenvalue weighted by molar-refractivity contribution is 5.73. The Balaban J connectivity index is 4.09. The van der Waals surface area contributed by atoms with Gasteiger partial charge in [0.25, 0.3) is 0 Å². The van der Waals surface area contributed by atoms with E-state index in [4.69, 9.17) is 4.84 Å². The van der Waals surface area contributed by atoms with Crippen LogP contribution >= 0.6 is 0 Å². The van der Waals surface area contributed by atoms with E-state index in [1.165, 1.54) is 0 Å². The van der Waals surface area contributed by atoms with E-state index >= 15 is 0 Å².